The van der Waals surface area contributed by atoms with E-state index in [9.17, 15) is 19.7 Å². The molecule has 28 heavy (non-hydrogen) atoms. The molecule has 1 amide bonds. The van der Waals surface area contributed by atoms with Crippen LogP contribution in [0.1, 0.15) is 49.9 Å². The average Bonchev–Trinajstić information content (AvgIpc) is 3.50. The molecule has 1 heterocycles. The number of carbonyl (C=O) groups is 2. The van der Waals surface area contributed by atoms with Crippen molar-refractivity contribution in [2.24, 2.45) is 11.8 Å². The van der Waals surface area contributed by atoms with E-state index in [1.165, 1.54) is 6.07 Å². The molecule has 1 atom stereocenters. The summed E-state index contributed by atoms with van der Waals surface area (Å²) in [5.41, 5.74) is 0.720. The minimum atomic E-state index is -0.959. The number of carboxylic acids is 1. The number of amides is 1. The van der Waals surface area contributed by atoms with E-state index in [2.05, 4.69) is 6.92 Å². The van der Waals surface area contributed by atoms with Gasteiger partial charge in [0.15, 0.2) is 0 Å². The van der Waals surface area contributed by atoms with E-state index in [1.54, 1.807) is 24.0 Å². The van der Waals surface area contributed by atoms with Gasteiger partial charge in [0.1, 0.15) is 5.69 Å². The maximum atomic E-state index is 13.0. The molecule has 2 aliphatic rings. The zero-order valence-electron chi connectivity index (χ0n) is 16.3. The lowest BCUT2D eigenvalue weighted by Gasteiger charge is -2.32. The van der Waals surface area contributed by atoms with Crippen molar-refractivity contribution in [3.05, 3.63) is 33.9 Å². The number of benzene rings is 1. The SMILES string of the molecule is CC1CCN(c2ccc(C(=O)N(CC(C)C(=O)O)C3CC3)cc2[N+](=O)[O-])CC1. The van der Waals surface area contributed by atoms with Crippen molar-refractivity contribution in [1.29, 1.82) is 0 Å². The first-order chi connectivity index (χ1) is 13.3. The molecular formula is C20H27N3O5. The van der Waals surface area contributed by atoms with Gasteiger partial charge in [0.25, 0.3) is 11.6 Å². The molecule has 0 spiro atoms. The molecule has 1 aliphatic carbocycles. The Balaban J connectivity index is 1.85. The number of nitro groups is 1. The van der Waals surface area contributed by atoms with E-state index in [4.69, 9.17) is 5.11 Å². The van der Waals surface area contributed by atoms with Crippen LogP contribution in [0.25, 0.3) is 0 Å². The highest BCUT2D eigenvalue weighted by molar-refractivity contribution is 5.96. The molecule has 152 valence electrons. The van der Waals surface area contributed by atoms with Gasteiger partial charge in [0, 0.05) is 37.3 Å². The van der Waals surface area contributed by atoms with Gasteiger partial charge in [0.2, 0.25) is 0 Å². The van der Waals surface area contributed by atoms with Crippen LogP contribution >= 0.6 is 0 Å². The number of hydrogen-bond donors (Lipinski definition) is 1. The average molecular weight is 389 g/mol. The van der Waals surface area contributed by atoms with Gasteiger partial charge < -0.3 is 14.9 Å². The molecular weight excluding hydrogens is 362 g/mol. The summed E-state index contributed by atoms with van der Waals surface area (Å²) in [7, 11) is 0. The summed E-state index contributed by atoms with van der Waals surface area (Å²) in [5.74, 6) is -1.37. The third kappa shape index (κ3) is 4.43. The van der Waals surface area contributed by atoms with Crippen LogP contribution in [-0.4, -0.2) is 52.5 Å². The maximum Gasteiger partial charge on any atom is 0.308 e. The van der Waals surface area contributed by atoms with Crippen LogP contribution in [0.2, 0.25) is 0 Å². The molecule has 1 N–H and O–H groups in total. The lowest BCUT2D eigenvalue weighted by Crippen LogP contribution is -2.38. The molecule has 0 bridgehead atoms. The monoisotopic (exact) mass is 389 g/mol. The van der Waals surface area contributed by atoms with Crippen molar-refractivity contribution in [3.63, 3.8) is 0 Å². The van der Waals surface area contributed by atoms with Crippen molar-refractivity contribution < 1.29 is 19.6 Å². The van der Waals surface area contributed by atoms with Crippen LogP contribution in [0.4, 0.5) is 11.4 Å². The van der Waals surface area contributed by atoms with Crippen LogP contribution in [0, 0.1) is 22.0 Å². The largest absolute Gasteiger partial charge is 0.481 e. The van der Waals surface area contributed by atoms with E-state index in [0.29, 0.717) is 11.6 Å². The lowest BCUT2D eigenvalue weighted by molar-refractivity contribution is -0.384. The van der Waals surface area contributed by atoms with Crippen LogP contribution in [0.15, 0.2) is 18.2 Å². The van der Waals surface area contributed by atoms with Gasteiger partial charge in [-0.25, -0.2) is 0 Å². The summed E-state index contributed by atoms with van der Waals surface area (Å²) in [6, 6.07) is 4.66. The Morgan fingerprint density at radius 3 is 2.46 bits per heavy atom. The number of piperidine rings is 1. The Morgan fingerprint density at radius 1 is 1.29 bits per heavy atom. The first kappa shape index (κ1) is 20.1. The first-order valence-electron chi connectivity index (χ1n) is 9.85. The summed E-state index contributed by atoms with van der Waals surface area (Å²) in [4.78, 5) is 39.0. The molecule has 0 aromatic heterocycles. The molecule has 1 saturated heterocycles. The molecule has 1 aromatic rings. The molecule has 2 fully saturated rings. The highest BCUT2D eigenvalue weighted by Gasteiger charge is 2.36. The zero-order chi connectivity index (χ0) is 20.4. The molecule has 1 aromatic carbocycles. The van der Waals surface area contributed by atoms with Crippen LogP contribution in [0.3, 0.4) is 0 Å². The highest BCUT2D eigenvalue weighted by Crippen LogP contribution is 2.34. The number of carboxylic acid groups (broad SMARTS) is 1. The topological polar surface area (TPSA) is 104 Å². The van der Waals surface area contributed by atoms with Gasteiger partial charge >= 0.3 is 5.97 Å². The Kier molecular flexibility index (Phi) is 5.86. The van der Waals surface area contributed by atoms with Gasteiger partial charge in [0.05, 0.1) is 10.8 Å². The normalized spacial score (nSPS) is 18.6. The maximum absolute atomic E-state index is 13.0. The molecule has 8 nitrogen and oxygen atoms in total. The standard InChI is InChI=1S/C20H27N3O5/c1-13-7-9-21(10-8-13)17-6-3-15(11-18(17)23(27)28)19(24)22(16-4-5-16)12-14(2)20(25)26/h3,6,11,13-14,16H,4-5,7-10,12H2,1-2H3,(H,25,26). The van der Waals surface area contributed by atoms with Crippen molar-refractivity contribution in [2.45, 2.75) is 45.6 Å². The first-order valence-corrected chi connectivity index (χ1v) is 9.85. The summed E-state index contributed by atoms with van der Waals surface area (Å²) in [5, 5.41) is 20.8. The Bertz CT molecular complexity index is 769. The van der Waals surface area contributed by atoms with Gasteiger partial charge in [-0.15, -0.1) is 0 Å². The van der Waals surface area contributed by atoms with Gasteiger partial charge in [-0.05, 0) is 43.7 Å². The minimum absolute atomic E-state index is 0.0246. The van der Waals surface area contributed by atoms with E-state index < -0.39 is 16.8 Å². The molecule has 1 saturated carbocycles. The Morgan fingerprint density at radius 2 is 1.93 bits per heavy atom. The number of aliphatic carboxylic acids is 1. The lowest BCUT2D eigenvalue weighted by atomic mass is 9.98. The third-order valence-corrected chi connectivity index (χ3v) is 5.68. The van der Waals surface area contributed by atoms with Gasteiger partial charge in [-0.3, -0.25) is 19.7 Å². The second-order valence-electron chi connectivity index (χ2n) is 8.06. The number of carbonyl (C=O) groups excluding carboxylic acids is 1. The second kappa shape index (κ2) is 8.16. The summed E-state index contributed by atoms with van der Waals surface area (Å²) >= 11 is 0. The number of anilines is 1. The molecule has 8 heteroatoms. The van der Waals surface area contributed by atoms with E-state index in [-0.39, 0.29) is 29.7 Å². The van der Waals surface area contributed by atoms with E-state index in [0.717, 1.165) is 38.8 Å². The van der Waals surface area contributed by atoms with E-state index >= 15 is 0 Å². The minimum Gasteiger partial charge on any atom is -0.481 e. The number of hydrogen-bond acceptors (Lipinski definition) is 5. The van der Waals surface area contributed by atoms with Crippen molar-refractivity contribution in [3.8, 4) is 0 Å². The summed E-state index contributed by atoms with van der Waals surface area (Å²) in [6.07, 6.45) is 3.65. The number of rotatable bonds is 7. The Hall–Kier alpha value is -2.64. The smallest absolute Gasteiger partial charge is 0.308 e. The summed E-state index contributed by atoms with van der Waals surface area (Å²) in [6.45, 7) is 5.38. The quantitative estimate of drug-likeness (QED) is 0.567. The van der Waals surface area contributed by atoms with Crippen LogP contribution in [0.5, 0.6) is 0 Å². The molecule has 1 aliphatic heterocycles. The van der Waals surface area contributed by atoms with E-state index in [1.807, 2.05) is 4.90 Å². The third-order valence-electron chi connectivity index (χ3n) is 5.68. The zero-order valence-corrected chi connectivity index (χ0v) is 16.3. The fourth-order valence-electron chi connectivity index (χ4n) is 3.64. The molecule has 3 rings (SSSR count). The predicted octanol–water partition coefficient (Wildman–Crippen LogP) is 3.16. The predicted molar refractivity (Wildman–Crippen MR) is 105 cm³/mol. The molecule has 1 unspecified atom stereocenters. The van der Waals surface area contributed by atoms with Crippen LogP contribution in [-0.2, 0) is 4.79 Å². The van der Waals surface area contributed by atoms with Crippen molar-refractivity contribution >= 4 is 23.3 Å². The highest BCUT2D eigenvalue weighted by atomic mass is 16.6. The summed E-state index contributed by atoms with van der Waals surface area (Å²) < 4.78 is 0. The molecule has 0 radical (unpaired) electrons. The second-order valence-corrected chi connectivity index (χ2v) is 8.06. The fourth-order valence-corrected chi connectivity index (χ4v) is 3.64. The van der Waals surface area contributed by atoms with Crippen LogP contribution < -0.4 is 4.90 Å². The number of nitro benzene ring substituents is 1. The number of nitrogens with zero attached hydrogens (tertiary/aromatic N) is 3. The Labute approximate surface area is 164 Å². The van der Waals surface area contributed by atoms with Crippen molar-refractivity contribution in [1.82, 2.24) is 4.90 Å². The van der Waals surface area contributed by atoms with Gasteiger partial charge in [-0.2, -0.15) is 0 Å². The van der Waals surface area contributed by atoms with Crippen molar-refractivity contribution in [2.75, 3.05) is 24.5 Å². The van der Waals surface area contributed by atoms with Gasteiger partial charge in [-0.1, -0.05) is 13.8 Å². The fraction of sp³-hybridized carbons (Fsp3) is 0.600.